The van der Waals surface area contributed by atoms with E-state index in [-0.39, 0.29) is 21.4 Å². The number of nitrogen functional groups attached to an aromatic ring is 1. The fourth-order valence-corrected chi connectivity index (χ4v) is 4.47. The molecule has 0 aliphatic carbocycles. The summed E-state index contributed by atoms with van der Waals surface area (Å²) in [6.07, 6.45) is 4.18. The first kappa shape index (κ1) is 17.8. The van der Waals surface area contributed by atoms with E-state index >= 15 is 0 Å². The minimum absolute atomic E-state index is 0.0363. The molecule has 0 aromatic carbocycles. The Labute approximate surface area is 130 Å². The third-order valence-electron chi connectivity index (χ3n) is 2.94. The molecular formula is C13H23N3O3S2. The van der Waals surface area contributed by atoms with Crippen LogP contribution in [0.1, 0.15) is 35.9 Å². The standard InChI is InChI=1S/C13H23N3O3S2/c1-5-6-7-8-15-12-11(21(4,18)19)9(14)10(20-12)13(17)16(2)3/h15H,5-8,14H2,1-4H3. The lowest BCUT2D eigenvalue weighted by Crippen LogP contribution is -2.21. The average molecular weight is 333 g/mol. The molecule has 0 radical (unpaired) electrons. The number of hydrogen-bond acceptors (Lipinski definition) is 6. The molecule has 0 atom stereocenters. The number of thiophene rings is 1. The number of nitrogens with one attached hydrogen (secondary N) is 1. The molecule has 1 amide bonds. The van der Waals surface area contributed by atoms with E-state index in [1.54, 1.807) is 14.1 Å². The summed E-state index contributed by atoms with van der Waals surface area (Å²) < 4.78 is 23.9. The van der Waals surface area contributed by atoms with Gasteiger partial charge in [0.05, 0.1) is 5.69 Å². The number of sulfone groups is 1. The predicted molar refractivity (Wildman–Crippen MR) is 87.9 cm³/mol. The van der Waals surface area contributed by atoms with Crippen molar-refractivity contribution in [3.63, 3.8) is 0 Å². The molecule has 0 unspecified atom stereocenters. The molecule has 0 aliphatic heterocycles. The maximum absolute atomic E-state index is 12.1. The van der Waals surface area contributed by atoms with Gasteiger partial charge in [0.25, 0.3) is 5.91 Å². The van der Waals surface area contributed by atoms with Gasteiger partial charge in [0, 0.05) is 26.9 Å². The molecule has 0 saturated carbocycles. The highest BCUT2D eigenvalue weighted by atomic mass is 32.2. The highest BCUT2D eigenvalue weighted by molar-refractivity contribution is 7.91. The molecule has 21 heavy (non-hydrogen) atoms. The first-order chi connectivity index (χ1) is 9.70. The third-order valence-corrected chi connectivity index (χ3v) is 5.38. The number of amides is 1. The van der Waals surface area contributed by atoms with Crippen LogP contribution < -0.4 is 11.1 Å². The Morgan fingerprint density at radius 1 is 1.33 bits per heavy atom. The van der Waals surface area contributed by atoms with Crippen molar-refractivity contribution >= 4 is 37.8 Å². The van der Waals surface area contributed by atoms with Crippen molar-refractivity contribution in [2.24, 2.45) is 0 Å². The molecule has 120 valence electrons. The fraction of sp³-hybridized carbons (Fsp3) is 0.615. The van der Waals surface area contributed by atoms with Gasteiger partial charge >= 0.3 is 0 Å². The zero-order valence-corrected chi connectivity index (χ0v) is 14.5. The Balaban J connectivity index is 3.17. The van der Waals surface area contributed by atoms with Gasteiger partial charge in [0.1, 0.15) is 14.8 Å². The topological polar surface area (TPSA) is 92.5 Å². The molecule has 0 spiro atoms. The minimum Gasteiger partial charge on any atom is -0.396 e. The molecule has 6 nitrogen and oxygen atoms in total. The van der Waals surface area contributed by atoms with Crippen molar-refractivity contribution in [2.75, 3.05) is 37.9 Å². The summed E-state index contributed by atoms with van der Waals surface area (Å²) in [6, 6.07) is 0. The lowest BCUT2D eigenvalue weighted by atomic mass is 10.2. The molecular weight excluding hydrogens is 310 g/mol. The second kappa shape index (κ2) is 7.13. The Morgan fingerprint density at radius 2 is 1.95 bits per heavy atom. The number of hydrogen-bond donors (Lipinski definition) is 2. The van der Waals surface area contributed by atoms with Gasteiger partial charge in [-0.25, -0.2) is 8.42 Å². The average Bonchev–Trinajstić information content (AvgIpc) is 2.70. The van der Waals surface area contributed by atoms with Crippen LogP contribution in [0, 0.1) is 0 Å². The van der Waals surface area contributed by atoms with Gasteiger partial charge in [0.15, 0.2) is 9.84 Å². The van der Waals surface area contributed by atoms with Crippen LogP contribution >= 0.6 is 11.3 Å². The van der Waals surface area contributed by atoms with Crippen molar-refractivity contribution in [3.05, 3.63) is 4.88 Å². The lowest BCUT2D eigenvalue weighted by molar-refractivity contribution is 0.0833. The van der Waals surface area contributed by atoms with Gasteiger partial charge in [-0.05, 0) is 6.42 Å². The Hall–Kier alpha value is -1.28. The van der Waals surface area contributed by atoms with Crippen LogP contribution in [0.5, 0.6) is 0 Å². The number of rotatable bonds is 7. The van der Waals surface area contributed by atoms with Gasteiger partial charge in [0.2, 0.25) is 0 Å². The molecule has 0 aliphatic rings. The summed E-state index contributed by atoms with van der Waals surface area (Å²) in [7, 11) is -0.279. The molecule has 1 aromatic rings. The van der Waals surface area contributed by atoms with Crippen molar-refractivity contribution in [1.82, 2.24) is 4.90 Å². The Morgan fingerprint density at radius 3 is 2.43 bits per heavy atom. The van der Waals surface area contributed by atoms with Crippen LogP contribution in [0.4, 0.5) is 10.7 Å². The van der Waals surface area contributed by atoms with Gasteiger partial charge in [-0.15, -0.1) is 11.3 Å². The molecule has 0 saturated heterocycles. The summed E-state index contributed by atoms with van der Waals surface area (Å²) in [6.45, 7) is 2.75. The largest absolute Gasteiger partial charge is 0.396 e. The van der Waals surface area contributed by atoms with E-state index < -0.39 is 9.84 Å². The van der Waals surface area contributed by atoms with Crippen LogP contribution in [0.25, 0.3) is 0 Å². The van der Waals surface area contributed by atoms with Gasteiger partial charge in [-0.1, -0.05) is 19.8 Å². The van der Waals surface area contributed by atoms with Crippen molar-refractivity contribution in [2.45, 2.75) is 31.1 Å². The van der Waals surface area contributed by atoms with E-state index in [1.165, 1.54) is 4.90 Å². The van der Waals surface area contributed by atoms with E-state index in [0.29, 0.717) is 11.5 Å². The van der Waals surface area contributed by atoms with Crippen molar-refractivity contribution in [1.29, 1.82) is 0 Å². The van der Waals surface area contributed by atoms with E-state index in [9.17, 15) is 13.2 Å². The number of nitrogens with zero attached hydrogens (tertiary/aromatic N) is 1. The number of nitrogens with two attached hydrogens (primary N) is 1. The van der Waals surface area contributed by atoms with E-state index in [1.807, 2.05) is 0 Å². The van der Waals surface area contributed by atoms with Gasteiger partial charge < -0.3 is 16.0 Å². The summed E-state index contributed by atoms with van der Waals surface area (Å²) in [5.74, 6) is -0.288. The van der Waals surface area contributed by atoms with Gasteiger partial charge in [-0.3, -0.25) is 4.79 Å². The maximum Gasteiger partial charge on any atom is 0.265 e. The normalized spacial score (nSPS) is 11.4. The van der Waals surface area contributed by atoms with Gasteiger partial charge in [-0.2, -0.15) is 0 Å². The number of anilines is 2. The van der Waals surface area contributed by atoms with Crippen molar-refractivity contribution < 1.29 is 13.2 Å². The minimum atomic E-state index is -3.49. The molecule has 1 aromatic heterocycles. The number of carbonyl (C=O) groups excluding carboxylic acids is 1. The molecule has 0 fully saturated rings. The maximum atomic E-state index is 12.1. The monoisotopic (exact) mass is 333 g/mol. The van der Waals surface area contributed by atoms with Crippen molar-refractivity contribution in [3.8, 4) is 0 Å². The van der Waals surface area contributed by atoms with E-state index in [0.717, 1.165) is 36.9 Å². The van der Waals surface area contributed by atoms with Crippen LogP contribution in [0.2, 0.25) is 0 Å². The summed E-state index contributed by atoms with van der Waals surface area (Å²) in [5.41, 5.74) is 5.94. The second-order valence-corrected chi connectivity index (χ2v) is 8.08. The number of carbonyl (C=O) groups is 1. The van der Waals surface area contributed by atoms with E-state index in [4.69, 9.17) is 5.73 Å². The third kappa shape index (κ3) is 4.34. The molecule has 8 heteroatoms. The molecule has 1 rings (SSSR count). The fourth-order valence-electron chi connectivity index (χ4n) is 1.85. The lowest BCUT2D eigenvalue weighted by Gasteiger charge is -2.08. The summed E-state index contributed by atoms with van der Waals surface area (Å²) in [5, 5.41) is 3.55. The predicted octanol–water partition coefficient (Wildman–Crippen LogP) is 2.04. The van der Waals surface area contributed by atoms with Crippen LogP contribution in [0.15, 0.2) is 4.90 Å². The highest BCUT2D eigenvalue weighted by Gasteiger charge is 2.27. The highest BCUT2D eigenvalue weighted by Crippen LogP contribution is 2.39. The quantitative estimate of drug-likeness (QED) is 0.745. The molecule has 1 heterocycles. The SMILES string of the molecule is CCCCCNc1sc(C(=O)N(C)C)c(N)c1S(C)(=O)=O. The molecule has 0 bridgehead atoms. The summed E-state index contributed by atoms with van der Waals surface area (Å²) in [4.78, 5) is 13.8. The summed E-state index contributed by atoms with van der Waals surface area (Å²) >= 11 is 1.10. The van der Waals surface area contributed by atoms with Crippen LogP contribution in [0.3, 0.4) is 0 Å². The Bertz CT molecular complexity index is 606. The zero-order chi connectivity index (χ0) is 16.2. The Kier molecular flexibility index (Phi) is 6.03. The molecule has 3 N–H and O–H groups in total. The zero-order valence-electron chi connectivity index (χ0n) is 12.9. The van der Waals surface area contributed by atoms with E-state index in [2.05, 4.69) is 12.2 Å². The first-order valence-corrected chi connectivity index (χ1v) is 9.48. The second-order valence-electron chi connectivity index (χ2n) is 5.11. The van der Waals surface area contributed by atoms with Crippen LogP contribution in [-0.4, -0.2) is 46.1 Å². The number of unbranched alkanes of at least 4 members (excludes halogenated alkanes) is 2. The first-order valence-electron chi connectivity index (χ1n) is 6.78. The van der Waals surface area contributed by atoms with Crippen LogP contribution in [-0.2, 0) is 9.84 Å². The smallest absolute Gasteiger partial charge is 0.265 e.